The minimum Gasteiger partial charge on any atom is -0.377 e. The number of nitrogens with zero attached hydrogens (tertiary/aromatic N) is 1. The van der Waals surface area contributed by atoms with Crippen molar-refractivity contribution < 1.29 is 4.74 Å². The second-order valence-electron chi connectivity index (χ2n) is 3.86. The number of aryl methyl sites for hydroxylation is 1. The predicted octanol–water partition coefficient (Wildman–Crippen LogP) is 3.16. The van der Waals surface area contributed by atoms with Gasteiger partial charge in [-0.15, -0.1) is 0 Å². The molecule has 3 nitrogen and oxygen atoms in total. The highest BCUT2D eigenvalue weighted by molar-refractivity contribution is 14.1. The van der Waals surface area contributed by atoms with E-state index < -0.39 is 0 Å². The van der Waals surface area contributed by atoms with Crippen LogP contribution in [0, 0.1) is 3.57 Å². The fraction of sp³-hybridized carbons (Fsp3) is 0.308. The standard InChI is InChI=1S/C13H15IN2O/c14-12-5-3-11(4-6-12)9-17-7-1-2-13-8-15-10-16-13/h3-6,8,10H,1-2,7,9H2,(H,15,16)/i14-2. The first-order chi connectivity index (χ1) is 8.34. The van der Waals surface area contributed by atoms with Crippen molar-refractivity contribution in [1.82, 2.24) is 9.97 Å². The second kappa shape index (κ2) is 6.76. The zero-order valence-corrected chi connectivity index (χ0v) is 11.7. The van der Waals surface area contributed by atoms with Crippen LogP contribution < -0.4 is 0 Å². The summed E-state index contributed by atoms with van der Waals surface area (Å²) in [5.74, 6) is 0. The van der Waals surface area contributed by atoms with Crippen LogP contribution in [0.4, 0.5) is 0 Å². The van der Waals surface area contributed by atoms with Gasteiger partial charge in [0.15, 0.2) is 0 Å². The first kappa shape index (κ1) is 12.6. The molecule has 90 valence electrons. The van der Waals surface area contributed by atoms with Crippen LogP contribution in [0.25, 0.3) is 0 Å². The average Bonchev–Trinajstić information content (AvgIpc) is 2.84. The lowest BCUT2D eigenvalue weighted by Crippen LogP contribution is -1.97. The molecule has 0 aliphatic rings. The van der Waals surface area contributed by atoms with Gasteiger partial charge in [-0.3, -0.25) is 0 Å². The smallest absolute Gasteiger partial charge is 0.0921 e. The maximum Gasteiger partial charge on any atom is 0.0921 e. The Morgan fingerprint density at radius 2 is 2.06 bits per heavy atom. The van der Waals surface area contributed by atoms with Gasteiger partial charge in [-0.1, -0.05) is 12.1 Å². The minimum atomic E-state index is 0.694. The summed E-state index contributed by atoms with van der Waals surface area (Å²) in [6, 6.07) is 8.42. The van der Waals surface area contributed by atoms with E-state index in [1.54, 1.807) is 6.33 Å². The molecule has 1 aromatic heterocycles. The van der Waals surface area contributed by atoms with Crippen LogP contribution >= 0.6 is 22.6 Å². The highest BCUT2D eigenvalue weighted by Gasteiger charge is 1.96. The van der Waals surface area contributed by atoms with E-state index in [0.717, 1.165) is 19.4 Å². The summed E-state index contributed by atoms with van der Waals surface area (Å²) in [5.41, 5.74) is 2.40. The van der Waals surface area contributed by atoms with Crippen LogP contribution in [0.1, 0.15) is 17.7 Å². The highest BCUT2D eigenvalue weighted by Crippen LogP contribution is 2.08. The van der Waals surface area contributed by atoms with E-state index in [2.05, 4.69) is 56.8 Å². The summed E-state index contributed by atoms with van der Waals surface area (Å²) in [6.07, 6.45) is 5.58. The van der Waals surface area contributed by atoms with E-state index >= 15 is 0 Å². The monoisotopic (exact) mass is 340 g/mol. The Labute approximate surface area is 115 Å². The van der Waals surface area contributed by atoms with Gasteiger partial charge in [0, 0.05) is 22.1 Å². The van der Waals surface area contributed by atoms with Crippen molar-refractivity contribution in [2.75, 3.05) is 6.61 Å². The van der Waals surface area contributed by atoms with Gasteiger partial charge in [-0.2, -0.15) is 0 Å². The molecule has 0 aliphatic heterocycles. The van der Waals surface area contributed by atoms with Gasteiger partial charge in [0.05, 0.1) is 12.9 Å². The highest BCUT2D eigenvalue weighted by atomic mass is 125. The molecule has 0 unspecified atom stereocenters. The third kappa shape index (κ3) is 4.47. The Bertz CT molecular complexity index is 425. The number of halogens is 1. The fourth-order valence-electron chi connectivity index (χ4n) is 1.56. The third-order valence-electron chi connectivity index (χ3n) is 2.47. The number of aromatic nitrogens is 2. The zero-order chi connectivity index (χ0) is 11.9. The molecule has 1 heterocycles. The van der Waals surface area contributed by atoms with Gasteiger partial charge < -0.3 is 9.72 Å². The van der Waals surface area contributed by atoms with E-state index in [-0.39, 0.29) is 0 Å². The molecular weight excluding hydrogens is 325 g/mol. The van der Waals surface area contributed by atoms with Crippen molar-refractivity contribution >= 4 is 22.6 Å². The van der Waals surface area contributed by atoms with Gasteiger partial charge in [-0.05, 0) is 53.1 Å². The predicted molar refractivity (Wildman–Crippen MR) is 75.7 cm³/mol. The molecule has 2 aromatic rings. The molecule has 0 saturated heterocycles. The first-order valence-corrected chi connectivity index (χ1v) is 6.72. The van der Waals surface area contributed by atoms with E-state index in [9.17, 15) is 0 Å². The maximum atomic E-state index is 5.62. The molecule has 0 radical (unpaired) electrons. The lowest BCUT2D eigenvalue weighted by molar-refractivity contribution is 0.118. The van der Waals surface area contributed by atoms with Crippen molar-refractivity contribution in [3.05, 3.63) is 51.6 Å². The van der Waals surface area contributed by atoms with Crippen LogP contribution in [-0.2, 0) is 17.8 Å². The third-order valence-corrected chi connectivity index (χ3v) is 3.19. The molecule has 0 atom stereocenters. The Morgan fingerprint density at radius 1 is 1.24 bits per heavy atom. The Kier molecular flexibility index (Phi) is 5.00. The van der Waals surface area contributed by atoms with Crippen LogP contribution in [0.15, 0.2) is 36.8 Å². The molecule has 0 fully saturated rings. The van der Waals surface area contributed by atoms with Crippen molar-refractivity contribution in [3.63, 3.8) is 0 Å². The van der Waals surface area contributed by atoms with Crippen LogP contribution in [0.3, 0.4) is 0 Å². The number of benzene rings is 1. The van der Waals surface area contributed by atoms with Crippen molar-refractivity contribution in [3.8, 4) is 0 Å². The SMILES string of the molecule is [125I]c1ccc(COCCCc2cnc[nH]2)cc1. The summed E-state index contributed by atoms with van der Waals surface area (Å²) in [6.45, 7) is 1.48. The number of rotatable bonds is 6. The van der Waals surface area contributed by atoms with E-state index in [1.165, 1.54) is 14.8 Å². The van der Waals surface area contributed by atoms with Gasteiger partial charge in [-0.25, -0.2) is 4.98 Å². The summed E-state index contributed by atoms with van der Waals surface area (Å²) in [4.78, 5) is 7.06. The Hall–Kier alpha value is -0.880. The molecule has 17 heavy (non-hydrogen) atoms. The van der Waals surface area contributed by atoms with Gasteiger partial charge >= 0.3 is 0 Å². The zero-order valence-electron chi connectivity index (χ0n) is 9.53. The first-order valence-electron chi connectivity index (χ1n) is 5.64. The number of hydrogen-bond acceptors (Lipinski definition) is 2. The lowest BCUT2D eigenvalue weighted by atomic mass is 10.2. The molecule has 0 amide bonds. The maximum absolute atomic E-state index is 5.62. The van der Waals surface area contributed by atoms with Crippen LogP contribution in [0.2, 0.25) is 0 Å². The number of H-pyrrole nitrogens is 1. The molecule has 0 bridgehead atoms. The molecular formula is C13H15IN2O. The van der Waals surface area contributed by atoms with Crippen LogP contribution in [0.5, 0.6) is 0 Å². The topological polar surface area (TPSA) is 37.9 Å². The molecule has 1 aromatic carbocycles. The van der Waals surface area contributed by atoms with Crippen molar-refractivity contribution in [2.45, 2.75) is 19.4 Å². The lowest BCUT2D eigenvalue weighted by Gasteiger charge is -2.04. The van der Waals surface area contributed by atoms with E-state index in [4.69, 9.17) is 4.74 Å². The quantitative estimate of drug-likeness (QED) is 0.648. The Morgan fingerprint density at radius 3 is 2.76 bits per heavy atom. The Balaban J connectivity index is 1.61. The number of imidazole rings is 1. The molecule has 1 N–H and O–H groups in total. The molecule has 0 saturated carbocycles. The summed E-state index contributed by atoms with van der Waals surface area (Å²) >= 11 is 2.30. The normalized spacial score (nSPS) is 10.6. The number of ether oxygens (including phenoxy) is 1. The van der Waals surface area contributed by atoms with Gasteiger partial charge in [0.25, 0.3) is 0 Å². The fourth-order valence-corrected chi connectivity index (χ4v) is 1.92. The minimum absolute atomic E-state index is 0.694. The summed E-state index contributed by atoms with van der Waals surface area (Å²) in [5, 5.41) is 0. The number of hydrogen-bond donors (Lipinski definition) is 1. The molecule has 0 aliphatic carbocycles. The van der Waals surface area contributed by atoms with Crippen LogP contribution in [-0.4, -0.2) is 16.6 Å². The largest absolute Gasteiger partial charge is 0.377 e. The number of aromatic amines is 1. The van der Waals surface area contributed by atoms with Crippen molar-refractivity contribution in [1.29, 1.82) is 0 Å². The van der Waals surface area contributed by atoms with Crippen molar-refractivity contribution in [2.24, 2.45) is 0 Å². The average molecular weight is 340 g/mol. The second-order valence-corrected chi connectivity index (χ2v) is 5.11. The molecule has 0 spiro atoms. The van der Waals surface area contributed by atoms with Gasteiger partial charge in [0.2, 0.25) is 0 Å². The van der Waals surface area contributed by atoms with E-state index in [0.29, 0.717) is 6.61 Å². The molecule has 2 rings (SSSR count). The number of nitrogens with one attached hydrogen (secondary N) is 1. The van der Waals surface area contributed by atoms with E-state index in [1.807, 2.05) is 6.20 Å². The summed E-state index contributed by atoms with van der Waals surface area (Å²) < 4.78 is 6.88. The summed E-state index contributed by atoms with van der Waals surface area (Å²) in [7, 11) is 0. The molecule has 4 heteroatoms. The van der Waals surface area contributed by atoms with Gasteiger partial charge in [0.1, 0.15) is 0 Å².